The molecule has 1 unspecified atom stereocenters. The van der Waals surface area contributed by atoms with Crippen molar-refractivity contribution in [3.8, 4) is 0 Å². The van der Waals surface area contributed by atoms with Crippen molar-refractivity contribution in [3.63, 3.8) is 0 Å². The monoisotopic (exact) mass is 349 g/mol. The Morgan fingerprint density at radius 2 is 2.11 bits per heavy atom. The smallest absolute Gasteiger partial charge is 0.208 e. The van der Waals surface area contributed by atoms with Crippen LogP contribution in [0, 0.1) is 11.2 Å². The molecule has 19 heavy (non-hydrogen) atoms. The Kier molecular flexibility index (Phi) is 4.05. The Morgan fingerprint density at radius 3 is 2.63 bits per heavy atom. The van der Waals surface area contributed by atoms with Gasteiger partial charge in [-0.25, -0.2) is 17.5 Å². The van der Waals surface area contributed by atoms with E-state index < -0.39 is 15.8 Å². The van der Waals surface area contributed by atoms with Gasteiger partial charge in [0.1, 0.15) is 10.7 Å². The van der Waals surface area contributed by atoms with Crippen LogP contribution < -0.4 is 4.72 Å². The zero-order valence-electron chi connectivity index (χ0n) is 10.9. The topological polar surface area (TPSA) is 46.2 Å². The van der Waals surface area contributed by atoms with Crippen LogP contribution in [0.3, 0.4) is 0 Å². The van der Waals surface area contributed by atoms with E-state index >= 15 is 0 Å². The predicted molar refractivity (Wildman–Crippen MR) is 75.8 cm³/mol. The maximum Gasteiger partial charge on any atom is 0.243 e. The fraction of sp³-hybridized carbons (Fsp3) is 0.538. The largest absolute Gasteiger partial charge is 0.243 e. The van der Waals surface area contributed by atoms with E-state index in [1.807, 2.05) is 0 Å². The normalized spacial score (nSPS) is 22.6. The number of hydrogen-bond donors (Lipinski definition) is 1. The molecule has 1 fully saturated rings. The third kappa shape index (κ3) is 3.55. The van der Waals surface area contributed by atoms with Crippen LogP contribution in [0.1, 0.15) is 33.1 Å². The lowest BCUT2D eigenvalue weighted by atomic mass is 9.92. The lowest BCUT2D eigenvalue weighted by Crippen LogP contribution is -2.34. The zero-order chi connectivity index (χ0) is 14.3. The molecule has 1 aromatic carbocycles. The molecule has 0 aliphatic heterocycles. The van der Waals surface area contributed by atoms with Crippen molar-refractivity contribution in [3.05, 3.63) is 28.5 Å². The Hall–Kier alpha value is -0.460. The molecule has 0 aromatic heterocycles. The predicted octanol–water partition coefficient (Wildman–Crippen LogP) is 3.45. The number of hydrogen-bond acceptors (Lipinski definition) is 2. The minimum absolute atomic E-state index is 0.108. The summed E-state index contributed by atoms with van der Waals surface area (Å²) in [6.07, 6.45) is 2.55. The summed E-state index contributed by atoms with van der Waals surface area (Å²) in [5, 5.41) is 0. The number of sulfonamides is 1. The molecule has 2 rings (SSSR count). The Labute approximate surface area is 121 Å². The molecule has 0 amide bonds. The fourth-order valence-corrected chi connectivity index (χ4v) is 4.18. The Balaban J connectivity index is 2.19. The van der Waals surface area contributed by atoms with E-state index in [0.717, 1.165) is 25.3 Å². The molecular weight excluding hydrogens is 333 g/mol. The second-order valence-corrected chi connectivity index (χ2v) is 8.40. The first kappa shape index (κ1) is 14.9. The van der Waals surface area contributed by atoms with Gasteiger partial charge in [-0.2, -0.15) is 0 Å². The standard InChI is InChI=1S/C13H17BrFNO2S/c1-13(2)6-5-10(8-13)16-19(17,18)12-4-3-9(14)7-11(12)15/h3-4,7,10,16H,5-6,8H2,1-2H3. The van der Waals surface area contributed by atoms with E-state index in [0.29, 0.717) is 4.47 Å². The highest BCUT2D eigenvalue weighted by molar-refractivity contribution is 9.10. The van der Waals surface area contributed by atoms with E-state index in [4.69, 9.17) is 0 Å². The van der Waals surface area contributed by atoms with Gasteiger partial charge >= 0.3 is 0 Å². The van der Waals surface area contributed by atoms with Crippen molar-refractivity contribution < 1.29 is 12.8 Å². The van der Waals surface area contributed by atoms with Crippen LogP contribution in [0.4, 0.5) is 4.39 Å². The van der Waals surface area contributed by atoms with Gasteiger partial charge in [0.05, 0.1) is 0 Å². The van der Waals surface area contributed by atoms with Crippen LogP contribution in [-0.4, -0.2) is 14.5 Å². The summed E-state index contributed by atoms with van der Waals surface area (Å²) in [4.78, 5) is -0.291. The highest BCUT2D eigenvalue weighted by Gasteiger charge is 2.34. The van der Waals surface area contributed by atoms with Gasteiger partial charge in [0.2, 0.25) is 10.0 Å². The molecule has 0 radical (unpaired) electrons. The average molecular weight is 350 g/mol. The summed E-state index contributed by atoms with van der Waals surface area (Å²) in [5.41, 5.74) is 0.144. The summed E-state index contributed by atoms with van der Waals surface area (Å²) in [6, 6.07) is 3.86. The first-order valence-electron chi connectivity index (χ1n) is 6.17. The molecule has 0 heterocycles. The van der Waals surface area contributed by atoms with Gasteiger partial charge in [-0.05, 0) is 42.9 Å². The molecule has 1 aromatic rings. The SMILES string of the molecule is CC1(C)CCC(NS(=O)(=O)c2ccc(Br)cc2F)C1. The summed E-state index contributed by atoms with van der Waals surface area (Å²) in [5.74, 6) is -0.737. The van der Waals surface area contributed by atoms with Crippen LogP contribution in [0.2, 0.25) is 0 Å². The summed E-state index contributed by atoms with van der Waals surface area (Å²) in [7, 11) is -3.79. The molecule has 3 nitrogen and oxygen atoms in total. The number of rotatable bonds is 3. The van der Waals surface area contributed by atoms with Gasteiger partial charge in [0, 0.05) is 10.5 Å². The molecule has 106 valence electrons. The van der Waals surface area contributed by atoms with E-state index in [2.05, 4.69) is 34.5 Å². The molecule has 0 bridgehead atoms. The third-order valence-corrected chi connectivity index (χ3v) is 5.52. The van der Waals surface area contributed by atoms with E-state index in [-0.39, 0.29) is 16.4 Å². The first-order chi connectivity index (χ1) is 8.70. The zero-order valence-corrected chi connectivity index (χ0v) is 13.3. The molecule has 1 N–H and O–H groups in total. The number of benzene rings is 1. The molecule has 0 spiro atoms. The second kappa shape index (κ2) is 5.14. The van der Waals surface area contributed by atoms with Gasteiger partial charge in [0.15, 0.2) is 0 Å². The van der Waals surface area contributed by atoms with E-state index in [1.54, 1.807) is 0 Å². The minimum Gasteiger partial charge on any atom is -0.208 e. The molecular formula is C13H17BrFNO2S. The van der Waals surface area contributed by atoms with Gasteiger partial charge in [-0.1, -0.05) is 29.8 Å². The fourth-order valence-electron chi connectivity index (χ4n) is 2.51. The first-order valence-corrected chi connectivity index (χ1v) is 8.45. The van der Waals surface area contributed by atoms with Gasteiger partial charge in [-0.15, -0.1) is 0 Å². The highest BCUT2D eigenvalue weighted by Crippen LogP contribution is 2.37. The summed E-state index contributed by atoms with van der Waals surface area (Å²) in [6.45, 7) is 4.23. The van der Waals surface area contributed by atoms with Gasteiger partial charge in [-0.3, -0.25) is 0 Å². The summed E-state index contributed by atoms with van der Waals surface area (Å²) < 4.78 is 41.2. The van der Waals surface area contributed by atoms with Crippen LogP contribution in [0.25, 0.3) is 0 Å². The maximum absolute atomic E-state index is 13.7. The maximum atomic E-state index is 13.7. The molecule has 1 aliphatic carbocycles. The highest BCUT2D eigenvalue weighted by atomic mass is 79.9. The summed E-state index contributed by atoms with van der Waals surface area (Å²) >= 11 is 3.11. The van der Waals surface area contributed by atoms with E-state index in [9.17, 15) is 12.8 Å². The van der Waals surface area contributed by atoms with Crippen molar-refractivity contribution in [2.45, 2.75) is 44.0 Å². The molecule has 1 aliphatic rings. The lowest BCUT2D eigenvalue weighted by molar-refractivity contribution is 0.372. The lowest BCUT2D eigenvalue weighted by Gasteiger charge is -2.18. The van der Waals surface area contributed by atoms with Crippen molar-refractivity contribution in [2.75, 3.05) is 0 Å². The third-order valence-electron chi connectivity index (χ3n) is 3.47. The molecule has 1 atom stereocenters. The van der Waals surface area contributed by atoms with E-state index in [1.165, 1.54) is 12.1 Å². The van der Waals surface area contributed by atoms with Crippen LogP contribution in [0.15, 0.2) is 27.6 Å². The molecule has 0 saturated heterocycles. The van der Waals surface area contributed by atoms with Crippen molar-refractivity contribution in [2.24, 2.45) is 5.41 Å². The van der Waals surface area contributed by atoms with Crippen LogP contribution >= 0.6 is 15.9 Å². The minimum atomic E-state index is -3.79. The van der Waals surface area contributed by atoms with Crippen LogP contribution in [-0.2, 0) is 10.0 Å². The molecule has 6 heteroatoms. The second-order valence-electron chi connectivity index (χ2n) is 5.80. The average Bonchev–Trinajstić information content (AvgIpc) is 2.56. The Bertz CT molecular complexity index is 586. The number of nitrogens with one attached hydrogen (secondary N) is 1. The Morgan fingerprint density at radius 1 is 1.42 bits per heavy atom. The van der Waals surface area contributed by atoms with Crippen molar-refractivity contribution in [1.29, 1.82) is 0 Å². The van der Waals surface area contributed by atoms with Gasteiger partial charge in [0.25, 0.3) is 0 Å². The number of halogens is 2. The van der Waals surface area contributed by atoms with Crippen molar-refractivity contribution >= 4 is 26.0 Å². The van der Waals surface area contributed by atoms with Crippen molar-refractivity contribution in [1.82, 2.24) is 4.72 Å². The quantitative estimate of drug-likeness (QED) is 0.908. The van der Waals surface area contributed by atoms with Gasteiger partial charge < -0.3 is 0 Å². The molecule has 1 saturated carbocycles. The van der Waals surface area contributed by atoms with Crippen LogP contribution in [0.5, 0.6) is 0 Å².